The number of hydrogen-bond donors (Lipinski definition) is 1. The van der Waals surface area contributed by atoms with Crippen molar-refractivity contribution in [2.45, 2.75) is 32.8 Å². The van der Waals surface area contributed by atoms with Crippen molar-refractivity contribution in [2.24, 2.45) is 5.92 Å². The van der Waals surface area contributed by atoms with Crippen LogP contribution >= 0.6 is 0 Å². The molecular weight excluding hydrogens is 392 g/mol. The Labute approximate surface area is 181 Å². The van der Waals surface area contributed by atoms with Crippen molar-refractivity contribution in [3.63, 3.8) is 0 Å². The molecule has 0 spiro atoms. The number of amides is 1. The number of piperidine rings is 1. The summed E-state index contributed by atoms with van der Waals surface area (Å²) >= 11 is 0. The highest BCUT2D eigenvalue weighted by Crippen LogP contribution is 2.24. The lowest BCUT2D eigenvalue weighted by Gasteiger charge is -2.31. The maximum Gasteiger partial charge on any atom is 0.309 e. The Bertz CT molecular complexity index is 1130. The van der Waals surface area contributed by atoms with Crippen LogP contribution in [0, 0.1) is 12.8 Å². The number of para-hydroxylation sites is 1. The first kappa shape index (κ1) is 20.8. The van der Waals surface area contributed by atoms with Gasteiger partial charge in [-0.15, -0.1) is 0 Å². The molecule has 0 radical (unpaired) electrons. The van der Waals surface area contributed by atoms with Crippen LogP contribution in [-0.2, 0) is 9.53 Å². The van der Waals surface area contributed by atoms with Gasteiger partial charge in [0.2, 0.25) is 5.78 Å². The van der Waals surface area contributed by atoms with E-state index in [2.05, 4.69) is 4.98 Å². The van der Waals surface area contributed by atoms with Gasteiger partial charge >= 0.3 is 5.97 Å². The van der Waals surface area contributed by atoms with Gasteiger partial charge < -0.3 is 14.6 Å². The Kier molecular flexibility index (Phi) is 5.89. The van der Waals surface area contributed by atoms with Gasteiger partial charge in [-0.2, -0.15) is 0 Å². The van der Waals surface area contributed by atoms with E-state index in [1.54, 1.807) is 18.0 Å². The van der Waals surface area contributed by atoms with E-state index < -0.39 is 6.10 Å². The molecule has 1 atom stereocenters. The molecule has 2 aromatic carbocycles. The second-order valence-corrected chi connectivity index (χ2v) is 8.07. The molecule has 2 heterocycles. The van der Waals surface area contributed by atoms with Crippen molar-refractivity contribution in [1.29, 1.82) is 0 Å². The first-order valence-electron chi connectivity index (χ1n) is 10.6. The fraction of sp³-hybridized carbons (Fsp3) is 0.320. The minimum atomic E-state index is -0.863. The van der Waals surface area contributed by atoms with Crippen LogP contribution in [0.4, 0.5) is 0 Å². The molecule has 1 aliphatic heterocycles. The fourth-order valence-corrected chi connectivity index (χ4v) is 4.12. The minimum Gasteiger partial charge on any atom is -0.454 e. The summed E-state index contributed by atoms with van der Waals surface area (Å²) in [5.41, 5.74) is 3.03. The lowest BCUT2D eigenvalue weighted by Crippen LogP contribution is -2.41. The highest BCUT2D eigenvalue weighted by atomic mass is 16.5. The number of rotatable bonds is 5. The summed E-state index contributed by atoms with van der Waals surface area (Å²) in [6.07, 6.45) is 1.86. The smallest absolute Gasteiger partial charge is 0.309 e. The quantitative estimate of drug-likeness (QED) is 0.499. The summed E-state index contributed by atoms with van der Waals surface area (Å²) in [4.78, 5) is 43.1. The largest absolute Gasteiger partial charge is 0.454 e. The van der Waals surface area contributed by atoms with E-state index in [1.807, 2.05) is 55.5 Å². The van der Waals surface area contributed by atoms with Crippen molar-refractivity contribution < 1.29 is 19.1 Å². The Balaban J connectivity index is 1.34. The molecule has 1 saturated heterocycles. The number of likely N-dealkylation sites (tertiary alicyclic amines) is 1. The zero-order valence-corrected chi connectivity index (χ0v) is 17.8. The number of esters is 1. The van der Waals surface area contributed by atoms with Crippen LogP contribution in [0.2, 0.25) is 0 Å². The lowest BCUT2D eigenvalue weighted by molar-refractivity contribution is -0.152. The normalized spacial score (nSPS) is 15.6. The van der Waals surface area contributed by atoms with E-state index in [9.17, 15) is 14.4 Å². The first-order valence-corrected chi connectivity index (χ1v) is 10.6. The molecule has 31 heavy (non-hydrogen) atoms. The topological polar surface area (TPSA) is 79.5 Å². The standard InChI is InChI=1S/C25H26N2O4/c1-16-7-3-4-8-19(16)24(29)27-13-11-18(12-14-27)25(30)31-17(2)23(28)21-15-26-22-10-6-5-9-20(21)22/h3-10,15,17-18,26H,11-14H2,1-2H3/t17-/m1/s1. The Morgan fingerprint density at radius 3 is 2.42 bits per heavy atom. The van der Waals surface area contributed by atoms with Crippen LogP contribution in [0.3, 0.4) is 0 Å². The van der Waals surface area contributed by atoms with E-state index in [0.717, 1.165) is 16.5 Å². The average molecular weight is 418 g/mol. The number of nitrogens with one attached hydrogen (secondary N) is 1. The van der Waals surface area contributed by atoms with Gasteiger partial charge in [-0.3, -0.25) is 14.4 Å². The molecule has 160 valence electrons. The third-order valence-electron chi connectivity index (χ3n) is 6.01. The summed E-state index contributed by atoms with van der Waals surface area (Å²) in [5, 5.41) is 0.818. The minimum absolute atomic E-state index is 0.00667. The zero-order chi connectivity index (χ0) is 22.0. The molecule has 0 bridgehead atoms. The van der Waals surface area contributed by atoms with Crippen molar-refractivity contribution in [3.8, 4) is 0 Å². The van der Waals surface area contributed by atoms with Crippen LogP contribution in [0.5, 0.6) is 0 Å². The van der Waals surface area contributed by atoms with Gasteiger partial charge in [0.1, 0.15) is 0 Å². The second kappa shape index (κ2) is 8.76. The highest BCUT2D eigenvalue weighted by molar-refractivity contribution is 6.10. The van der Waals surface area contributed by atoms with E-state index in [4.69, 9.17) is 4.74 Å². The number of aromatic nitrogens is 1. The maximum absolute atomic E-state index is 12.8. The SMILES string of the molecule is Cc1ccccc1C(=O)N1CCC(C(=O)O[C@H](C)C(=O)c2c[nH]c3ccccc23)CC1. The van der Waals surface area contributed by atoms with Crippen LogP contribution in [0.1, 0.15) is 46.0 Å². The van der Waals surface area contributed by atoms with Crippen molar-refractivity contribution >= 4 is 28.6 Å². The molecule has 0 aliphatic carbocycles. The lowest BCUT2D eigenvalue weighted by atomic mass is 9.96. The maximum atomic E-state index is 12.8. The van der Waals surface area contributed by atoms with Gasteiger partial charge in [-0.05, 0) is 44.4 Å². The number of fused-ring (bicyclic) bond motifs is 1. The number of ether oxygens (including phenoxy) is 1. The van der Waals surface area contributed by atoms with Crippen LogP contribution in [0.15, 0.2) is 54.7 Å². The number of benzene rings is 2. The summed E-state index contributed by atoms with van der Waals surface area (Å²) in [6.45, 7) is 4.53. The van der Waals surface area contributed by atoms with Crippen molar-refractivity contribution in [2.75, 3.05) is 13.1 Å². The molecular formula is C25H26N2O4. The number of hydrogen-bond acceptors (Lipinski definition) is 4. The molecule has 0 saturated carbocycles. The number of ketones is 1. The summed E-state index contributed by atoms with van der Waals surface area (Å²) in [5.74, 6) is -0.909. The van der Waals surface area contributed by atoms with Crippen molar-refractivity contribution in [3.05, 3.63) is 71.4 Å². The van der Waals surface area contributed by atoms with Crippen LogP contribution in [-0.4, -0.2) is 46.7 Å². The Morgan fingerprint density at radius 2 is 1.68 bits per heavy atom. The van der Waals surface area contributed by atoms with Gasteiger partial charge in [-0.25, -0.2) is 0 Å². The third kappa shape index (κ3) is 4.24. The number of aryl methyl sites for hydroxylation is 1. The Hall–Kier alpha value is -3.41. The molecule has 0 unspecified atom stereocenters. The molecule has 6 heteroatoms. The average Bonchev–Trinajstić information content (AvgIpc) is 3.22. The van der Waals surface area contributed by atoms with E-state index in [-0.39, 0.29) is 23.6 Å². The molecule has 1 fully saturated rings. The molecule has 6 nitrogen and oxygen atoms in total. The van der Waals surface area contributed by atoms with Crippen molar-refractivity contribution in [1.82, 2.24) is 9.88 Å². The van der Waals surface area contributed by atoms with Gasteiger partial charge in [-0.1, -0.05) is 36.4 Å². The molecule has 1 N–H and O–H groups in total. The molecule has 4 rings (SSSR count). The van der Waals surface area contributed by atoms with E-state index in [0.29, 0.717) is 37.1 Å². The predicted octanol–water partition coefficient (Wildman–Crippen LogP) is 4.14. The number of carbonyl (C=O) groups excluding carboxylic acids is 3. The summed E-state index contributed by atoms with van der Waals surface area (Å²) in [7, 11) is 0. The zero-order valence-electron chi connectivity index (χ0n) is 17.8. The van der Waals surface area contributed by atoms with Gasteiger partial charge in [0.05, 0.1) is 5.92 Å². The third-order valence-corrected chi connectivity index (χ3v) is 6.01. The fourth-order valence-electron chi connectivity index (χ4n) is 4.12. The van der Waals surface area contributed by atoms with Crippen LogP contribution in [0.25, 0.3) is 10.9 Å². The monoisotopic (exact) mass is 418 g/mol. The molecule has 3 aromatic rings. The Morgan fingerprint density at radius 1 is 1.00 bits per heavy atom. The molecule has 1 amide bonds. The number of H-pyrrole nitrogens is 1. The van der Waals surface area contributed by atoms with E-state index in [1.165, 1.54) is 0 Å². The predicted molar refractivity (Wildman–Crippen MR) is 118 cm³/mol. The summed E-state index contributed by atoms with van der Waals surface area (Å²) < 4.78 is 5.52. The number of Topliss-reactive ketones (excluding diaryl/α,β-unsaturated/α-hetero) is 1. The molecule has 1 aromatic heterocycles. The van der Waals surface area contributed by atoms with Crippen LogP contribution < -0.4 is 0 Å². The number of aromatic amines is 1. The number of carbonyl (C=O) groups is 3. The number of nitrogens with zero attached hydrogens (tertiary/aromatic N) is 1. The first-order chi connectivity index (χ1) is 15.0. The summed E-state index contributed by atoms with van der Waals surface area (Å²) in [6, 6.07) is 15.1. The van der Waals surface area contributed by atoms with E-state index >= 15 is 0 Å². The van der Waals surface area contributed by atoms with Gasteiger partial charge in [0.15, 0.2) is 6.10 Å². The molecule has 1 aliphatic rings. The second-order valence-electron chi connectivity index (χ2n) is 8.07. The van der Waals surface area contributed by atoms with Gasteiger partial charge in [0, 0.05) is 41.3 Å². The van der Waals surface area contributed by atoms with Gasteiger partial charge in [0.25, 0.3) is 5.91 Å². The highest BCUT2D eigenvalue weighted by Gasteiger charge is 2.31.